The Morgan fingerprint density at radius 2 is 1.63 bits per heavy atom. The van der Waals surface area contributed by atoms with Crippen molar-refractivity contribution in [3.63, 3.8) is 0 Å². The van der Waals surface area contributed by atoms with Crippen molar-refractivity contribution >= 4 is 50.5 Å². The number of sulfonamides is 1. The fourth-order valence-corrected chi connectivity index (χ4v) is 4.98. The largest absolute Gasteiger partial charge is 0.484 e. The summed E-state index contributed by atoms with van der Waals surface area (Å²) >= 11 is 11.8. The zero-order valence-electron chi connectivity index (χ0n) is 18.5. The van der Waals surface area contributed by atoms with Crippen LogP contribution in [0.2, 0.25) is 10.0 Å². The molecule has 0 spiro atoms. The van der Waals surface area contributed by atoms with Gasteiger partial charge in [0, 0.05) is 26.2 Å². The SMILES string of the molecule is O=C(COc1ccc(S(=O)(=O)Nc2ccc(Cl)c(Cl)c2)cc1)N1CCN(c2ccccc2F)CC1. The molecule has 1 aliphatic heterocycles. The van der Waals surface area contributed by atoms with Gasteiger partial charge in [-0.1, -0.05) is 35.3 Å². The van der Waals surface area contributed by atoms with Crippen LogP contribution in [0.5, 0.6) is 5.75 Å². The summed E-state index contributed by atoms with van der Waals surface area (Å²) in [5.41, 5.74) is 0.806. The highest BCUT2D eigenvalue weighted by molar-refractivity contribution is 7.92. The van der Waals surface area contributed by atoms with E-state index in [2.05, 4.69) is 4.72 Å². The minimum Gasteiger partial charge on any atom is -0.484 e. The lowest BCUT2D eigenvalue weighted by Crippen LogP contribution is -2.50. The molecule has 4 rings (SSSR count). The van der Waals surface area contributed by atoms with Gasteiger partial charge in [-0.3, -0.25) is 9.52 Å². The number of ether oxygens (including phenoxy) is 1. The van der Waals surface area contributed by atoms with Crippen LogP contribution < -0.4 is 14.4 Å². The Morgan fingerprint density at radius 3 is 2.29 bits per heavy atom. The topological polar surface area (TPSA) is 78.9 Å². The van der Waals surface area contributed by atoms with Crippen molar-refractivity contribution in [1.82, 2.24) is 4.90 Å². The van der Waals surface area contributed by atoms with E-state index in [0.717, 1.165) is 0 Å². The van der Waals surface area contributed by atoms with Crippen LogP contribution in [0.15, 0.2) is 71.6 Å². The van der Waals surface area contributed by atoms with E-state index in [9.17, 15) is 17.6 Å². The molecule has 0 aliphatic carbocycles. The number of amides is 1. The van der Waals surface area contributed by atoms with E-state index in [1.165, 1.54) is 48.5 Å². The van der Waals surface area contributed by atoms with Crippen molar-refractivity contribution in [1.29, 1.82) is 0 Å². The number of hydrogen-bond donors (Lipinski definition) is 1. The number of carbonyl (C=O) groups excluding carboxylic acids is 1. The van der Waals surface area contributed by atoms with E-state index in [1.807, 2.05) is 4.90 Å². The normalized spacial score (nSPS) is 14.0. The van der Waals surface area contributed by atoms with Crippen LogP contribution >= 0.6 is 23.2 Å². The molecule has 1 saturated heterocycles. The molecule has 1 amide bonds. The number of carbonyl (C=O) groups is 1. The Bertz CT molecular complexity index is 1310. The monoisotopic (exact) mass is 537 g/mol. The molecule has 0 aromatic heterocycles. The molecular weight excluding hydrogens is 516 g/mol. The van der Waals surface area contributed by atoms with Gasteiger partial charge in [-0.25, -0.2) is 12.8 Å². The minimum atomic E-state index is -3.85. The van der Waals surface area contributed by atoms with Crippen LogP contribution in [0.1, 0.15) is 0 Å². The Hall–Kier alpha value is -3.01. The van der Waals surface area contributed by atoms with Crippen LogP contribution in [-0.4, -0.2) is 52.0 Å². The first-order valence-electron chi connectivity index (χ1n) is 10.7. The van der Waals surface area contributed by atoms with Gasteiger partial charge in [0.1, 0.15) is 11.6 Å². The molecule has 0 atom stereocenters. The zero-order chi connectivity index (χ0) is 25.0. The van der Waals surface area contributed by atoms with E-state index in [-0.39, 0.29) is 33.9 Å². The molecule has 1 aliphatic rings. The van der Waals surface area contributed by atoms with Gasteiger partial charge in [0.15, 0.2) is 6.61 Å². The standard InChI is InChI=1S/C24H22Cl2FN3O4S/c25-20-10-5-17(15-21(20)26)28-35(32,33)19-8-6-18(7-9-19)34-16-24(31)30-13-11-29(12-14-30)23-4-2-1-3-22(23)27/h1-10,15,28H,11-14,16H2. The molecule has 3 aromatic rings. The summed E-state index contributed by atoms with van der Waals surface area (Å²) in [6.07, 6.45) is 0. The first-order chi connectivity index (χ1) is 16.7. The maximum Gasteiger partial charge on any atom is 0.261 e. The number of rotatable bonds is 7. The van der Waals surface area contributed by atoms with Gasteiger partial charge in [0.05, 0.1) is 26.3 Å². The lowest BCUT2D eigenvalue weighted by atomic mass is 10.2. The second-order valence-electron chi connectivity index (χ2n) is 7.81. The molecule has 7 nitrogen and oxygen atoms in total. The number of hydrogen-bond acceptors (Lipinski definition) is 5. The highest BCUT2D eigenvalue weighted by Gasteiger charge is 2.23. The molecule has 0 radical (unpaired) electrons. The van der Waals surface area contributed by atoms with Gasteiger partial charge in [-0.05, 0) is 54.6 Å². The summed E-state index contributed by atoms with van der Waals surface area (Å²) in [5, 5.41) is 0.548. The predicted molar refractivity (Wildman–Crippen MR) is 134 cm³/mol. The van der Waals surface area contributed by atoms with Gasteiger partial charge in [-0.15, -0.1) is 0 Å². The first kappa shape index (κ1) is 25.1. The quantitative estimate of drug-likeness (QED) is 0.474. The average molecular weight is 538 g/mol. The Balaban J connectivity index is 1.29. The number of nitrogens with one attached hydrogen (secondary N) is 1. The molecule has 35 heavy (non-hydrogen) atoms. The van der Waals surface area contributed by atoms with E-state index < -0.39 is 10.0 Å². The summed E-state index contributed by atoms with van der Waals surface area (Å²) in [6, 6.07) is 16.7. The Labute approximate surface area is 213 Å². The van der Waals surface area contributed by atoms with Gasteiger partial charge in [0.2, 0.25) is 0 Å². The second kappa shape index (κ2) is 10.7. The maximum atomic E-state index is 14.0. The molecule has 0 unspecified atom stereocenters. The molecule has 1 fully saturated rings. The smallest absolute Gasteiger partial charge is 0.261 e. The molecule has 1 N–H and O–H groups in total. The predicted octanol–water partition coefficient (Wildman–Crippen LogP) is 4.66. The number of para-hydroxylation sites is 1. The van der Waals surface area contributed by atoms with Gasteiger partial charge < -0.3 is 14.5 Å². The third-order valence-corrected chi connectivity index (χ3v) is 7.63. The van der Waals surface area contributed by atoms with Gasteiger partial charge in [0.25, 0.3) is 15.9 Å². The lowest BCUT2D eigenvalue weighted by molar-refractivity contribution is -0.133. The minimum absolute atomic E-state index is 0.0199. The number of anilines is 2. The van der Waals surface area contributed by atoms with Crippen LogP contribution in [0, 0.1) is 5.82 Å². The summed E-state index contributed by atoms with van der Waals surface area (Å²) in [6.45, 7) is 1.76. The van der Waals surface area contributed by atoms with Crippen molar-refractivity contribution in [3.8, 4) is 5.75 Å². The molecule has 11 heteroatoms. The summed E-state index contributed by atoms with van der Waals surface area (Å²) in [7, 11) is -3.85. The number of benzene rings is 3. The van der Waals surface area contributed by atoms with E-state index >= 15 is 0 Å². The second-order valence-corrected chi connectivity index (χ2v) is 10.3. The maximum absolute atomic E-state index is 14.0. The van der Waals surface area contributed by atoms with E-state index in [4.69, 9.17) is 27.9 Å². The van der Waals surface area contributed by atoms with Crippen molar-refractivity contribution in [3.05, 3.63) is 82.6 Å². The zero-order valence-corrected chi connectivity index (χ0v) is 20.8. The highest BCUT2D eigenvalue weighted by Crippen LogP contribution is 2.27. The number of nitrogens with zero attached hydrogens (tertiary/aromatic N) is 2. The third kappa shape index (κ3) is 6.17. The fraction of sp³-hybridized carbons (Fsp3) is 0.208. The number of halogens is 3. The van der Waals surface area contributed by atoms with E-state index in [1.54, 1.807) is 23.1 Å². The van der Waals surface area contributed by atoms with Crippen LogP contribution in [0.3, 0.4) is 0 Å². The number of piperazine rings is 1. The van der Waals surface area contributed by atoms with Crippen molar-refractivity contribution < 1.29 is 22.3 Å². The van der Waals surface area contributed by atoms with Crippen LogP contribution in [-0.2, 0) is 14.8 Å². The molecule has 1 heterocycles. The Morgan fingerprint density at radius 1 is 0.943 bits per heavy atom. The lowest BCUT2D eigenvalue weighted by Gasteiger charge is -2.36. The van der Waals surface area contributed by atoms with Crippen LogP contribution in [0.4, 0.5) is 15.8 Å². The van der Waals surface area contributed by atoms with Crippen molar-refractivity contribution in [2.24, 2.45) is 0 Å². The van der Waals surface area contributed by atoms with Gasteiger partial charge >= 0.3 is 0 Å². The highest BCUT2D eigenvalue weighted by atomic mass is 35.5. The summed E-state index contributed by atoms with van der Waals surface area (Å²) < 4.78 is 47.2. The van der Waals surface area contributed by atoms with E-state index in [0.29, 0.717) is 42.6 Å². The Kier molecular flexibility index (Phi) is 7.69. The van der Waals surface area contributed by atoms with Crippen LogP contribution in [0.25, 0.3) is 0 Å². The summed E-state index contributed by atoms with van der Waals surface area (Å²) in [5.74, 6) is -0.124. The molecule has 184 valence electrons. The van der Waals surface area contributed by atoms with Crippen molar-refractivity contribution in [2.75, 3.05) is 42.4 Å². The molecule has 3 aromatic carbocycles. The third-order valence-electron chi connectivity index (χ3n) is 5.49. The molecule has 0 saturated carbocycles. The molecular formula is C24H22Cl2FN3O4S. The first-order valence-corrected chi connectivity index (χ1v) is 12.9. The summed E-state index contributed by atoms with van der Waals surface area (Å²) in [4.78, 5) is 16.1. The molecule has 0 bridgehead atoms. The van der Waals surface area contributed by atoms with Crippen molar-refractivity contribution in [2.45, 2.75) is 4.90 Å². The van der Waals surface area contributed by atoms with Gasteiger partial charge in [-0.2, -0.15) is 0 Å². The fourth-order valence-electron chi connectivity index (χ4n) is 3.63. The average Bonchev–Trinajstić information content (AvgIpc) is 2.85.